The third-order valence-electron chi connectivity index (χ3n) is 8.04. The van der Waals surface area contributed by atoms with Crippen LogP contribution >= 0.6 is 0 Å². The summed E-state index contributed by atoms with van der Waals surface area (Å²) in [6.07, 6.45) is 12.2. The number of carbonyl (C=O) groups is 2. The van der Waals surface area contributed by atoms with E-state index in [-0.39, 0.29) is 23.9 Å². The minimum absolute atomic E-state index is 0.188. The van der Waals surface area contributed by atoms with Crippen LogP contribution in [0.3, 0.4) is 0 Å². The number of aryl methyl sites for hydroxylation is 2. The number of nitrogens with zero attached hydrogens (tertiary/aromatic N) is 8. The molecular weight excluding hydrogens is 456 g/mol. The third kappa shape index (κ3) is 5.64. The molecule has 10 nitrogen and oxygen atoms in total. The van der Waals surface area contributed by atoms with Crippen molar-refractivity contribution in [2.24, 2.45) is 25.9 Å². The minimum Gasteiger partial charge on any atom is -0.337 e. The molecule has 2 aliphatic heterocycles. The predicted octanol–water partition coefficient (Wildman–Crippen LogP) is 1.54. The van der Waals surface area contributed by atoms with Crippen molar-refractivity contribution in [2.75, 3.05) is 54.4 Å². The van der Waals surface area contributed by atoms with Gasteiger partial charge in [0.25, 0.3) is 0 Å². The number of amides is 2. The molecule has 4 rings (SSSR count). The molecule has 0 saturated carbocycles. The minimum atomic E-state index is -0.433. The molecule has 10 heteroatoms. The monoisotopic (exact) mass is 498 g/mol. The van der Waals surface area contributed by atoms with Crippen molar-refractivity contribution in [1.82, 2.24) is 39.2 Å². The van der Waals surface area contributed by atoms with E-state index in [2.05, 4.69) is 46.5 Å². The highest BCUT2D eigenvalue weighted by atomic mass is 16.2. The van der Waals surface area contributed by atoms with Crippen LogP contribution in [0.4, 0.5) is 0 Å². The lowest BCUT2D eigenvalue weighted by atomic mass is 9.85. The molecule has 198 valence electrons. The highest BCUT2D eigenvalue weighted by Crippen LogP contribution is 2.36. The van der Waals surface area contributed by atoms with Gasteiger partial charge in [-0.05, 0) is 64.7 Å². The maximum absolute atomic E-state index is 13.2. The molecule has 0 N–H and O–H groups in total. The first-order chi connectivity index (χ1) is 17.2. The van der Waals surface area contributed by atoms with Gasteiger partial charge in [-0.3, -0.25) is 28.8 Å². The van der Waals surface area contributed by atoms with Gasteiger partial charge in [-0.2, -0.15) is 10.2 Å². The van der Waals surface area contributed by atoms with Crippen molar-refractivity contribution in [3.63, 3.8) is 0 Å². The number of hydrogen-bond acceptors (Lipinski definition) is 6. The SMILES string of the molecule is CN(C[C@@H]1CCCN(C)[C@H]1c1cnn(C)c1)C(=O)C(=O)N(C)C[C@@H]1CCCN(C)[C@H]1c1cnn(C)c1. The largest absolute Gasteiger partial charge is 0.337 e. The van der Waals surface area contributed by atoms with Crippen molar-refractivity contribution >= 4 is 11.8 Å². The Balaban J connectivity index is 1.40. The van der Waals surface area contributed by atoms with E-state index in [4.69, 9.17) is 0 Å². The van der Waals surface area contributed by atoms with Crippen molar-refractivity contribution in [1.29, 1.82) is 0 Å². The van der Waals surface area contributed by atoms with Gasteiger partial charge in [-0.25, -0.2) is 0 Å². The Morgan fingerprint density at radius 3 is 1.50 bits per heavy atom. The van der Waals surface area contributed by atoms with Gasteiger partial charge >= 0.3 is 11.8 Å². The molecule has 0 bridgehead atoms. The third-order valence-corrected chi connectivity index (χ3v) is 8.04. The average Bonchev–Trinajstić information content (AvgIpc) is 3.46. The van der Waals surface area contributed by atoms with Gasteiger partial charge in [0, 0.05) is 76.9 Å². The highest BCUT2D eigenvalue weighted by Gasteiger charge is 2.36. The summed E-state index contributed by atoms with van der Waals surface area (Å²) in [6.45, 7) is 3.13. The van der Waals surface area contributed by atoms with Gasteiger partial charge in [0.2, 0.25) is 0 Å². The van der Waals surface area contributed by atoms with Crippen LogP contribution < -0.4 is 0 Å². The summed E-state index contributed by atoms with van der Waals surface area (Å²) in [5, 5.41) is 8.71. The van der Waals surface area contributed by atoms with Crippen LogP contribution in [-0.4, -0.2) is 105 Å². The van der Waals surface area contributed by atoms with E-state index in [9.17, 15) is 9.59 Å². The Morgan fingerprint density at radius 2 is 1.17 bits per heavy atom. The van der Waals surface area contributed by atoms with E-state index in [1.165, 1.54) is 0 Å². The van der Waals surface area contributed by atoms with Crippen LogP contribution in [0.5, 0.6) is 0 Å². The molecule has 4 atom stereocenters. The summed E-state index contributed by atoms with van der Waals surface area (Å²) < 4.78 is 3.65. The van der Waals surface area contributed by atoms with E-state index in [1.54, 1.807) is 23.9 Å². The fourth-order valence-electron chi connectivity index (χ4n) is 6.34. The maximum atomic E-state index is 13.2. The number of aromatic nitrogens is 4. The predicted molar refractivity (Wildman–Crippen MR) is 138 cm³/mol. The molecule has 4 heterocycles. The Labute approximate surface area is 214 Å². The van der Waals surface area contributed by atoms with Gasteiger partial charge in [-0.1, -0.05) is 0 Å². The fourth-order valence-corrected chi connectivity index (χ4v) is 6.34. The fraction of sp³-hybridized carbons (Fsp3) is 0.692. The molecule has 0 aliphatic carbocycles. The number of piperidine rings is 2. The zero-order chi connectivity index (χ0) is 26.0. The molecule has 2 aliphatic rings. The van der Waals surface area contributed by atoms with Gasteiger partial charge in [0.1, 0.15) is 0 Å². The average molecular weight is 499 g/mol. The van der Waals surface area contributed by atoms with Crippen LogP contribution in [-0.2, 0) is 23.7 Å². The van der Waals surface area contributed by atoms with E-state index in [0.29, 0.717) is 13.1 Å². The van der Waals surface area contributed by atoms with E-state index < -0.39 is 11.8 Å². The van der Waals surface area contributed by atoms with Crippen LogP contribution in [0, 0.1) is 11.8 Å². The molecule has 2 aromatic heterocycles. The Bertz CT molecular complexity index is 966. The van der Waals surface area contributed by atoms with Crippen molar-refractivity contribution < 1.29 is 9.59 Å². The summed E-state index contributed by atoms with van der Waals surface area (Å²) in [7, 11) is 11.6. The smallest absolute Gasteiger partial charge is 0.311 e. The molecule has 36 heavy (non-hydrogen) atoms. The molecule has 0 unspecified atom stereocenters. The molecule has 0 aromatic carbocycles. The summed E-state index contributed by atoms with van der Waals surface area (Å²) in [6, 6.07) is 0.377. The maximum Gasteiger partial charge on any atom is 0.311 e. The lowest BCUT2D eigenvalue weighted by molar-refractivity contribution is -0.151. The molecular formula is C26H42N8O2. The summed E-state index contributed by atoms with van der Waals surface area (Å²) >= 11 is 0. The van der Waals surface area contributed by atoms with E-state index >= 15 is 0 Å². The Kier molecular flexibility index (Phi) is 8.14. The molecule has 2 aromatic rings. The molecule has 2 saturated heterocycles. The van der Waals surface area contributed by atoms with Gasteiger partial charge in [0.15, 0.2) is 0 Å². The molecule has 2 amide bonds. The number of likely N-dealkylation sites (N-methyl/N-ethyl adjacent to an activating group) is 2. The first-order valence-electron chi connectivity index (χ1n) is 13.0. The highest BCUT2D eigenvalue weighted by molar-refractivity contribution is 6.34. The van der Waals surface area contributed by atoms with E-state index in [0.717, 1.165) is 49.9 Å². The van der Waals surface area contributed by atoms with E-state index in [1.807, 2.05) is 35.9 Å². The number of hydrogen-bond donors (Lipinski definition) is 0. The van der Waals surface area contributed by atoms with Crippen LogP contribution in [0.1, 0.15) is 48.9 Å². The second kappa shape index (κ2) is 11.1. The quantitative estimate of drug-likeness (QED) is 0.562. The molecule has 0 spiro atoms. The Hall–Kier alpha value is -2.72. The second-order valence-electron chi connectivity index (χ2n) is 10.9. The Morgan fingerprint density at radius 1 is 0.778 bits per heavy atom. The first kappa shape index (κ1) is 26.3. The van der Waals surface area contributed by atoms with Crippen LogP contribution in [0.25, 0.3) is 0 Å². The topological polar surface area (TPSA) is 82.7 Å². The van der Waals surface area contributed by atoms with Crippen molar-refractivity contribution in [3.05, 3.63) is 35.9 Å². The zero-order valence-electron chi connectivity index (χ0n) is 22.7. The normalized spacial score (nSPS) is 25.6. The lowest BCUT2D eigenvalue weighted by Gasteiger charge is -2.41. The van der Waals surface area contributed by atoms with Gasteiger partial charge < -0.3 is 9.80 Å². The van der Waals surface area contributed by atoms with Crippen molar-refractivity contribution in [3.8, 4) is 0 Å². The standard InChI is InChI=1S/C26H42N8O2/c1-29-11-7-9-19(23(29)21-13-27-33(5)17-21)15-31(3)25(35)26(36)32(4)16-20-10-8-12-30(2)24(20)22-14-28-34(6)18-22/h13-14,17-20,23-24H,7-12,15-16H2,1-6H3/t19-,20-,23+,24+/m0/s1. The summed E-state index contributed by atoms with van der Waals surface area (Å²) in [4.78, 5) is 34.4. The second-order valence-corrected chi connectivity index (χ2v) is 10.9. The molecule has 2 fully saturated rings. The summed E-state index contributed by atoms with van der Waals surface area (Å²) in [5.41, 5.74) is 2.33. The van der Waals surface area contributed by atoms with Gasteiger partial charge in [-0.15, -0.1) is 0 Å². The zero-order valence-corrected chi connectivity index (χ0v) is 22.7. The number of likely N-dealkylation sites (tertiary alicyclic amines) is 2. The number of carbonyl (C=O) groups excluding carboxylic acids is 2. The molecule has 0 radical (unpaired) electrons. The van der Waals surface area contributed by atoms with Crippen molar-refractivity contribution in [2.45, 2.75) is 37.8 Å². The first-order valence-corrected chi connectivity index (χ1v) is 13.0. The summed E-state index contributed by atoms with van der Waals surface area (Å²) in [5.74, 6) is -0.362. The van der Waals surface area contributed by atoms with Gasteiger partial charge in [0.05, 0.1) is 12.4 Å². The van der Waals surface area contributed by atoms with Crippen LogP contribution in [0.2, 0.25) is 0 Å². The number of rotatable bonds is 6. The lowest BCUT2D eigenvalue weighted by Crippen LogP contribution is -2.48. The van der Waals surface area contributed by atoms with Crippen LogP contribution in [0.15, 0.2) is 24.8 Å².